The van der Waals surface area contributed by atoms with Crippen LogP contribution < -0.4 is 10.3 Å². The molecule has 1 saturated carbocycles. The fraction of sp³-hybridized carbons (Fsp3) is 0.250. The van der Waals surface area contributed by atoms with E-state index in [1.54, 1.807) is 36.1 Å². The molecule has 1 aliphatic rings. The van der Waals surface area contributed by atoms with E-state index in [1.807, 2.05) is 19.1 Å². The van der Waals surface area contributed by atoms with Gasteiger partial charge in [0, 0.05) is 54.0 Å². The van der Waals surface area contributed by atoms with Crippen molar-refractivity contribution in [2.75, 3.05) is 6.61 Å². The van der Waals surface area contributed by atoms with Gasteiger partial charge in [0.1, 0.15) is 5.82 Å². The first-order valence-corrected chi connectivity index (χ1v) is 10.1. The third-order valence-corrected chi connectivity index (χ3v) is 5.63. The summed E-state index contributed by atoms with van der Waals surface area (Å²) in [5.41, 5.74) is 3.75. The zero-order chi connectivity index (χ0) is 20.7. The Morgan fingerprint density at radius 3 is 2.83 bits per heavy atom. The Labute approximate surface area is 174 Å². The second-order valence-electron chi connectivity index (χ2n) is 7.85. The first-order valence-electron chi connectivity index (χ1n) is 10.1. The van der Waals surface area contributed by atoms with Crippen molar-refractivity contribution >= 4 is 10.9 Å². The lowest BCUT2D eigenvalue weighted by atomic mass is 10.1. The van der Waals surface area contributed by atoms with E-state index in [0.29, 0.717) is 30.1 Å². The van der Waals surface area contributed by atoms with Crippen LogP contribution in [0.1, 0.15) is 23.9 Å². The van der Waals surface area contributed by atoms with Crippen LogP contribution in [0.3, 0.4) is 0 Å². The number of nitrogens with zero attached hydrogens (tertiary/aromatic N) is 4. The number of para-hydroxylation sites is 1. The lowest BCUT2D eigenvalue weighted by Gasteiger charge is -2.11. The van der Waals surface area contributed by atoms with Gasteiger partial charge in [-0.15, -0.1) is 0 Å². The molecule has 1 aromatic carbocycles. The standard InChI is InChI=1S/C24H22N4O2/c1-15-25-12-20(17-8-10-23(29)28(2)13-17)24(26-15)30-14-18-11-19(18)22-9-7-16-5-3-4-6-21(16)27-22/h3-10,12-13,18-19H,11,14H2,1-2H3. The van der Waals surface area contributed by atoms with E-state index >= 15 is 0 Å². The van der Waals surface area contributed by atoms with Crippen LogP contribution in [-0.2, 0) is 7.05 Å². The van der Waals surface area contributed by atoms with Gasteiger partial charge in [0.05, 0.1) is 17.7 Å². The fourth-order valence-electron chi connectivity index (χ4n) is 3.78. The third kappa shape index (κ3) is 3.56. The molecule has 0 N–H and O–H groups in total. The Morgan fingerprint density at radius 1 is 1.10 bits per heavy atom. The van der Waals surface area contributed by atoms with Gasteiger partial charge in [-0.3, -0.25) is 9.78 Å². The van der Waals surface area contributed by atoms with E-state index in [2.05, 4.69) is 34.2 Å². The number of ether oxygens (including phenoxy) is 1. The number of aromatic nitrogens is 4. The predicted molar refractivity (Wildman–Crippen MR) is 116 cm³/mol. The molecule has 4 aromatic rings. The van der Waals surface area contributed by atoms with Crippen LogP contribution in [0.25, 0.3) is 22.0 Å². The summed E-state index contributed by atoms with van der Waals surface area (Å²) in [6, 6.07) is 15.8. The van der Waals surface area contributed by atoms with E-state index in [0.717, 1.165) is 34.1 Å². The molecule has 2 unspecified atom stereocenters. The van der Waals surface area contributed by atoms with Gasteiger partial charge in [-0.1, -0.05) is 24.3 Å². The minimum Gasteiger partial charge on any atom is -0.477 e. The molecule has 150 valence electrons. The van der Waals surface area contributed by atoms with Crippen LogP contribution in [0, 0.1) is 12.8 Å². The molecule has 30 heavy (non-hydrogen) atoms. The average Bonchev–Trinajstić information content (AvgIpc) is 3.54. The zero-order valence-electron chi connectivity index (χ0n) is 16.9. The van der Waals surface area contributed by atoms with Crippen molar-refractivity contribution in [2.45, 2.75) is 19.3 Å². The summed E-state index contributed by atoms with van der Waals surface area (Å²) in [6.07, 6.45) is 4.60. The summed E-state index contributed by atoms with van der Waals surface area (Å²) in [6.45, 7) is 2.42. The van der Waals surface area contributed by atoms with Gasteiger partial charge in [-0.2, -0.15) is 4.98 Å². The highest BCUT2D eigenvalue weighted by atomic mass is 16.5. The Hall–Kier alpha value is -3.54. The van der Waals surface area contributed by atoms with E-state index < -0.39 is 0 Å². The molecule has 3 heterocycles. The lowest BCUT2D eigenvalue weighted by molar-refractivity contribution is 0.285. The monoisotopic (exact) mass is 398 g/mol. The highest BCUT2D eigenvalue weighted by Gasteiger charge is 2.40. The quantitative estimate of drug-likeness (QED) is 0.510. The highest BCUT2D eigenvalue weighted by molar-refractivity contribution is 5.78. The van der Waals surface area contributed by atoms with Crippen LogP contribution in [0.4, 0.5) is 0 Å². The Balaban J connectivity index is 1.33. The molecule has 0 amide bonds. The SMILES string of the molecule is Cc1ncc(-c2ccc(=O)n(C)c2)c(OCC2CC2c2ccc3ccccc3n2)n1. The van der Waals surface area contributed by atoms with Gasteiger partial charge in [-0.25, -0.2) is 4.98 Å². The molecular weight excluding hydrogens is 376 g/mol. The summed E-state index contributed by atoms with van der Waals surface area (Å²) in [7, 11) is 1.73. The van der Waals surface area contributed by atoms with Gasteiger partial charge in [-0.05, 0) is 31.5 Å². The van der Waals surface area contributed by atoms with E-state index in [1.165, 1.54) is 0 Å². The zero-order valence-corrected chi connectivity index (χ0v) is 16.9. The van der Waals surface area contributed by atoms with Crippen LogP contribution in [0.2, 0.25) is 0 Å². The molecule has 0 saturated heterocycles. The number of aryl methyl sites for hydroxylation is 2. The van der Waals surface area contributed by atoms with Gasteiger partial charge < -0.3 is 9.30 Å². The molecule has 0 radical (unpaired) electrons. The summed E-state index contributed by atoms with van der Waals surface area (Å²) in [5.74, 6) is 2.04. The molecule has 0 spiro atoms. The van der Waals surface area contributed by atoms with E-state index in [9.17, 15) is 4.79 Å². The van der Waals surface area contributed by atoms with Crippen LogP contribution in [0.5, 0.6) is 5.88 Å². The maximum absolute atomic E-state index is 11.7. The van der Waals surface area contributed by atoms with Crippen molar-refractivity contribution in [1.29, 1.82) is 0 Å². The summed E-state index contributed by atoms with van der Waals surface area (Å²) >= 11 is 0. The Bertz CT molecular complexity index is 1300. The predicted octanol–water partition coefficient (Wildman–Crippen LogP) is 3.88. The molecule has 6 heteroatoms. The lowest BCUT2D eigenvalue weighted by Crippen LogP contribution is -2.14. The summed E-state index contributed by atoms with van der Waals surface area (Å²) in [4.78, 5) is 25.4. The van der Waals surface area contributed by atoms with Crippen molar-refractivity contribution in [1.82, 2.24) is 19.5 Å². The summed E-state index contributed by atoms with van der Waals surface area (Å²) in [5, 5.41) is 1.16. The largest absolute Gasteiger partial charge is 0.477 e. The van der Waals surface area contributed by atoms with Crippen LogP contribution >= 0.6 is 0 Å². The maximum Gasteiger partial charge on any atom is 0.250 e. The molecule has 0 aliphatic heterocycles. The summed E-state index contributed by atoms with van der Waals surface area (Å²) < 4.78 is 7.68. The van der Waals surface area contributed by atoms with Gasteiger partial charge in [0.15, 0.2) is 0 Å². The molecule has 5 rings (SSSR count). The molecule has 3 aromatic heterocycles. The first-order chi connectivity index (χ1) is 14.6. The van der Waals surface area contributed by atoms with E-state index in [-0.39, 0.29) is 5.56 Å². The Kier molecular flexibility index (Phi) is 4.54. The minimum absolute atomic E-state index is 0.0574. The minimum atomic E-state index is -0.0574. The molecule has 1 fully saturated rings. The maximum atomic E-state index is 11.7. The normalized spacial score (nSPS) is 17.8. The fourth-order valence-corrected chi connectivity index (χ4v) is 3.78. The number of benzene rings is 1. The van der Waals surface area contributed by atoms with Crippen LogP contribution in [0.15, 0.2) is 65.7 Å². The van der Waals surface area contributed by atoms with Gasteiger partial charge >= 0.3 is 0 Å². The average molecular weight is 398 g/mol. The van der Waals surface area contributed by atoms with Crippen molar-refractivity contribution in [2.24, 2.45) is 13.0 Å². The second kappa shape index (κ2) is 7.37. The van der Waals surface area contributed by atoms with Crippen molar-refractivity contribution in [3.05, 3.63) is 82.8 Å². The first kappa shape index (κ1) is 18.5. The molecule has 1 aliphatic carbocycles. The topological polar surface area (TPSA) is 69.9 Å². The number of rotatable bonds is 5. The Morgan fingerprint density at radius 2 is 1.97 bits per heavy atom. The smallest absolute Gasteiger partial charge is 0.250 e. The molecular formula is C24H22N4O2. The molecule has 2 atom stereocenters. The van der Waals surface area contributed by atoms with Crippen molar-refractivity contribution < 1.29 is 4.74 Å². The van der Waals surface area contributed by atoms with Crippen LogP contribution in [-0.4, -0.2) is 26.1 Å². The third-order valence-electron chi connectivity index (χ3n) is 5.63. The number of hydrogen-bond donors (Lipinski definition) is 0. The van der Waals surface area contributed by atoms with Crippen molar-refractivity contribution in [3.8, 4) is 17.0 Å². The van der Waals surface area contributed by atoms with Gasteiger partial charge in [0.25, 0.3) is 0 Å². The van der Waals surface area contributed by atoms with Crippen molar-refractivity contribution in [3.63, 3.8) is 0 Å². The van der Waals surface area contributed by atoms with Gasteiger partial charge in [0.2, 0.25) is 11.4 Å². The number of pyridine rings is 2. The number of hydrogen-bond acceptors (Lipinski definition) is 5. The number of fused-ring (bicyclic) bond motifs is 1. The highest BCUT2D eigenvalue weighted by Crippen LogP contribution is 2.47. The van der Waals surface area contributed by atoms with E-state index in [4.69, 9.17) is 9.72 Å². The molecule has 0 bridgehead atoms. The molecule has 6 nitrogen and oxygen atoms in total. The second-order valence-corrected chi connectivity index (χ2v) is 7.85.